The lowest BCUT2D eigenvalue weighted by Crippen LogP contribution is -2.34. The van der Waals surface area contributed by atoms with E-state index in [1.54, 1.807) is 84.9 Å². The molecule has 0 aliphatic rings. The summed E-state index contributed by atoms with van der Waals surface area (Å²) in [4.78, 5) is 49.7. The van der Waals surface area contributed by atoms with Crippen molar-refractivity contribution in [2.24, 2.45) is 5.10 Å². The van der Waals surface area contributed by atoms with E-state index in [-0.39, 0.29) is 18.0 Å². The number of nitrogens with one attached hydrogen (secondary N) is 2. The van der Waals surface area contributed by atoms with Gasteiger partial charge < -0.3 is 19.5 Å². The lowest BCUT2D eigenvalue weighted by molar-refractivity contribution is -0.120. The van der Waals surface area contributed by atoms with Gasteiger partial charge in [-0.3, -0.25) is 9.59 Å². The summed E-state index contributed by atoms with van der Waals surface area (Å²) in [6.45, 7) is -0.327. The SMILES string of the molecule is COc1ccc(C(=O)NCC(=O)N/N=C/c2ccc(OC(=O)c3ccccc3)cc2OC(=O)c2ccccc2)cc1. The molecule has 4 rings (SSSR count). The Labute approximate surface area is 235 Å². The number of esters is 2. The lowest BCUT2D eigenvalue weighted by atomic mass is 10.2. The molecular formula is C31H25N3O7. The standard InChI is InChI=1S/C31H25N3O7/c1-39-25-15-12-21(13-16-25)29(36)32-20-28(35)34-33-19-24-14-17-26(40-30(37)22-8-4-2-5-9-22)18-27(24)41-31(38)23-10-6-3-7-11-23/h2-19H,20H2,1H3,(H,32,36)(H,34,35)/b33-19+. The van der Waals surface area contributed by atoms with Gasteiger partial charge in [-0.15, -0.1) is 0 Å². The van der Waals surface area contributed by atoms with Crippen LogP contribution in [0.1, 0.15) is 36.6 Å². The fraction of sp³-hybridized carbons (Fsp3) is 0.0645. The average molecular weight is 552 g/mol. The highest BCUT2D eigenvalue weighted by Gasteiger charge is 2.15. The van der Waals surface area contributed by atoms with Crippen molar-refractivity contribution in [1.82, 2.24) is 10.7 Å². The van der Waals surface area contributed by atoms with E-state index in [9.17, 15) is 19.2 Å². The maximum absolute atomic E-state index is 12.7. The molecule has 0 fully saturated rings. The highest BCUT2D eigenvalue weighted by atomic mass is 16.5. The normalized spacial score (nSPS) is 10.5. The molecule has 2 N–H and O–H groups in total. The summed E-state index contributed by atoms with van der Waals surface area (Å²) in [6.07, 6.45) is 1.26. The molecule has 0 heterocycles. The molecule has 0 aliphatic carbocycles. The fourth-order valence-corrected chi connectivity index (χ4v) is 3.46. The number of nitrogens with zero attached hydrogens (tertiary/aromatic N) is 1. The number of methoxy groups -OCH3 is 1. The zero-order valence-corrected chi connectivity index (χ0v) is 21.9. The van der Waals surface area contributed by atoms with Crippen LogP contribution < -0.4 is 25.0 Å². The van der Waals surface area contributed by atoms with E-state index in [1.165, 1.54) is 31.5 Å². The highest BCUT2D eigenvalue weighted by molar-refractivity contribution is 5.97. The van der Waals surface area contributed by atoms with Gasteiger partial charge in [-0.2, -0.15) is 5.10 Å². The van der Waals surface area contributed by atoms with Crippen LogP contribution in [0.4, 0.5) is 0 Å². The first kappa shape index (κ1) is 28.2. The molecule has 206 valence electrons. The van der Waals surface area contributed by atoms with Crippen LogP contribution in [0.2, 0.25) is 0 Å². The summed E-state index contributed by atoms with van der Waals surface area (Å²) in [5, 5.41) is 6.40. The fourth-order valence-electron chi connectivity index (χ4n) is 3.46. The molecule has 0 aliphatic heterocycles. The van der Waals surface area contributed by atoms with Crippen molar-refractivity contribution in [3.63, 3.8) is 0 Å². The molecule has 4 aromatic carbocycles. The van der Waals surface area contributed by atoms with Gasteiger partial charge in [0, 0.05) is 17.2 Å². The topological polar surface area (TPSA) is 132 Å². The number of carbonyl (C=O) groups excluding carboxylic acids is 4. The molecule has 4 aromatic rings. The number of hydrogen-bond donors (Lipinski definition) is 2. The molecule has 0 unspecified atom stereocenters. The Kier molecular flexibility index (Phi) is 9.54. The van der Waals surface area contributed by atoms with Crippen molar-refractivity contribution in [1.29, 1.82) is 0 Å². The number of hydrogen-bond acceptors (Lipinski definition) is 8. The van der Waals surface area contributed by atoms with Crippen molar-refractivity contribution in [3.05, 3.63) is 125 Å². The van der Waals surface area contributed by atoms with Gasteiger partial charge in [-0.05, 0) is 60.7 Å². The first-order valence-electron chi connectivity index (χ1n) is 12.4. The van der Waals surface area contributed by atoms with Crippen LogP contribution >= 0.6 is 0 Å². The van der Waals surface area contributed by atoms with Gasteiger partial charge in [0.2, 0.25) is 0 Å². The van der Waals surface area contributed by atoms with Gasteiger partial charge in [0.1, 0.15) is 17.2 Å². The van der Waals surface area contributed by atoms with Crippen LogP contribution in [-0.4, -0.2) is 43.6 Å². The Morgan fingerprint density at radius 3 is 1.90 bits per heavy atom. The van der Waals surface area contributed by atoms with Crippen molar-refractivity contribution >= 4 is 30.0 Å². The monoisotopic (exact) mass is 551 g/mol. The first-order valence-corrected chi connectivity index (χ1v) is 12.4. The number of hydrazone groups is 1. The summed E-state index contributed by atoms with van der Waals surface area (Å²) in [5.41, 5.74) is 3.64. The zero-order valence-electron chi connectivity index (χ0n) is 21.9. The van der Waals surface area contributed by atoms with Crippen LogP contribution in [0, 0.1) is 0 Å². The molecule has 0 aromatic heterocycles. The van der Waals surface area contributed by atoms with Gasteiger partial charge >= 0.3 is 11.9 Å². The Morgan fingerprint density at radius 1 is 0.707 bits per heavy atom. The first-order chi connectivity index (χ1) is 19.9. The lowest BCUT2D eigenvalue weighted by Gasteiger charge is -2.10. The van der Waals surface area contributed by atoms with Crippen LogP contribution in [0.5, 0.6) is 17.2 Å². The van der Waals surface area contributed by atoms with E-state index in [4.69, 9.17) is 14.2 Å². The Bertz CT molecular complexity index is 1550. The zero-order chi connectivity index (χ0) is 29.0. The minimum Gasteiger partial charge on any atom is -0.497 e. The smallest absolute Gasteiger partial charge is 0.343 e. The van der Waals surface area contributed by atoms with E-state index in [2.05, 4.69) is 15.8 Å². The van der Waals surface area contributed by atoms with Crippen molar-refractivity contribution in [3.8, 4) is 17.2 Å². The van der Waals surface area contributed by atoms with Gasteiger partial charge in [-0.1, -0.05) is 36.4 Å². The summed E-state index contributed by atoms with van der Waals surface area (Å²) in [7, 11) is 1.52. The largest absolute Gasteiger partial charge is 0.497 e. The molecule has 0 saturated carbocycles. The van der Waals surface area contributed by atoms with Gasteiger partial charge in [0.15, 0.2) is 0 Å². The quantitative estimate of drug-likeness (QED) is 0.132. The summed E-state index contributed by atoms with van der Waals surface area (Å²) >= 11 is 0. The van der Waals surface area contributed by atoms with E-state index < -0.39 is 23.8 Å². The van der Waals surface area contributed by atoms with Gasteiger partial charge in [-0.25, -0.2) is 15.0 Å². The Balaban J connectivity index is 1.43. The maximum Gasteiger partial charge on any atom is 0.343 e. The molecule has 10 nitrogen and oxygen atoms in total. The summed E-state index contributed by atoms with van der Waals surface area (Å²) in [6, 6.07) is 27.6. The summed E-state index contributed by atoms with van der Waals surface area (Å²) in [5.74, 6) is -1.47. The number of benzene rings is 4. The highest BCUT2D eigenvalue weighted by Crippen LogP contribution is 2.26. The third-order valence-electron chi connectivity index (χ3n) is 5.57. The Hall–Kier alpha value is -5.77. The molecule has 41 heavy (non-hydrogen) atoms. The number of rotatable bonds is 10. The van der Waals surface area contributed by atoms with E-state index in [0.717, 1.165) is 0 Å². The van der Waals surface area contributed by atoms with Crippen LogP contribution in [0.3, 0.4) is 0 Å². The second kappa shape index (κ2) is 13.9. The van der Waals surface area contributed by atoms with E-state index >= 15 is 0 Å². The third-order valence-corrected chi connectivity index (χ3v) is 5.57. The van der Waals surface area contributed by atoms with Crippen molar-refractivity contribution in [2.75, 3.05) is 13.7 Å². The van der Waals surface area contributed by atoms with E-state index in [1.807, 2.05) is 0 Å². The molecule has 0 bridgehead atoms. The predicted octanol–water partition coefficient (Wildman–Crippen LogP) is 4.01. The maximum atomic E-state index is 12.7. The molecule has 0 saturated heterocycles. The number of ether oxygens (including phenoxy) is 3. The molecule has 0 radical (unpaired) electrons. The second-order valence-corrected chi connectivity index (χ2v) is 8.42. The molecule has 2 amide bonds. The van der Waals surface area contributed by atoms with Crippen molar-refractivity contribution < 1.29 is 33.4 Å². The number of carbonyl (C=O) groups is 4. The molecule has 0 spiro atoms. The van der Waals surface area contributed by atoms with Crippen LogP contribution in [0.15, 0.2) is 108 Å². The van der Waals surface area contributed by atoms with Gasteiger partial charge in [0.05, 0.1) is 31.0 Å². The van der Waals surface area contributed by atoms with Crippen LogP contribution in [-0.2, 0) is 4.79 Å². The minimum absolute atomic E-state index is 0.0445. The molecule has 0 atom stereocenters. The van der Waals surface area contributed by atoms with E-state index in [0.29, 0.717) is 28.0 Å². The van der Waals surface area contributed by atoms with Gasteiger partial charge in [0.25, 0.3) is 11.8 Å². The average Bonchev–Trinajstić information content (AvgIpc) is 3.01. The third kappa shape index (κ3) is 8.11. The Morgan fingerprint density at radius 2 is 1.29 bits per heavy atom. The number of amides is 2. The predicted molar refractivity (Wildman–Crippen MR) is 150 cm³/mol. The van der Waals surface area contributed by atoms with Crippen LogP contribution in [0.25, 0.3) is 0 Å². The molecule has 10 heteroatoms. The molecular weight excluding hydrogens is 526 g/mol. The minimum atomic E-state index is -0.642. The summed E-state index contributed by atoms with van der Waals surface area (Å²) < 4.78 is 16.1. The second-order valence-electron chi connectivity index (χ2n) is 8.42. The van der Waals surface area contributed by atoms with Crippen molar-refractivity contribution in [2.45, 2.75) is 0 Å².